The Morgan fingerprint density at radius 1 is 1.28 bits per heavy atom. The van der Waals surface area contributed by atoms with Crippen LogP contribution in [0.2, 0.25) is 0 Å². The Morgan fingerprint density at radius 2 is 2.04 bits per heavy atom. The molecule has 0 radical (unpaired) electrons. The van der Waals surface area contributed by atoms with Gasteiger partial charge in [-0.1, -0.05) is 17.7 Å². The van der Waals surface area contributed by atoms with Gasteiger partial charge < -0.3 is 14.6 Å². The lowest BCUT2D eigenvalue weighted by atomic mass is 9.98. The minimum absolute atomic E-state index is 0.0419. The molecule has 132 valence electrons. The second-order valence-electron chi connectivity index (χ2n) is 6.37. The largest absolute Gasteiger partial charge is 0.493 e. The molecule has 1 aliphatic rings. The summed E-state index contributed by atoms with van der Waals surface area (Å²) in [5.41, 5.74) is -0.149. The molecular formula is C18H21N3O4. The van der Waals surface area contributed by atoms with Gasteiger partial charge in [0.15, 0.2) is 0 Å². The van der Waals surface area contributed by atoms with E-state index in [1.807, 2.05) is 31.2 Å². The third-order valence-electron chi connectivity index (χ3n) is 4.36. The highest BCUT2D eigenvalue weighted by atomic mass is 16.5. The molecule has 7 heteroatoms. The van der Waals surface area contributed by atoms with E-state index in [4.69, 9.17) is 4.74 Å². The maximum Gasteiger partial charge on any atom is 0.325 e. The number of rotatable bonds is 4. The van der Waals surface area contributed by atoms with Gasteiger partial charge in [0.25, 0.3) is 11.5 Å². The fourth-order valence-electron chi connectivity index (χ4n) is 2.97. The number of ether oxygens (including phenoxy) is 1. The van der Waals surface area contributed by atoms with Crippen molar-refractivity contribution in [3.8, 4) is 5.75 Å². The van der Waals surface area contributed by atoms with Crippen LogP contribution in [0.25, 0.3) is 0 Å². The monoisotopic (exact) mass is 343 g/mol. The molecule has 1 atom stereocenters. The number of piperidine rings is 1. The molecular weight excluding hydrogens is 322 g/mol. The average molecular weight is 343 g/mol. The minimum atomic E-state index is -0.660. The van der Waals surface area contributed by atoms with Crippen LogP contribution in [0.1, 0.15) is 28.8 Å². The van der Waals surface area contributed by atoms with Crippen LogP contribution in [0, 0.1) is 12.8 Å². The summed E-state index contributed by atoms with van der Waals surface area (Å²) in [7, 11) is 0. The number of amides is 1. The highest BCUT2D eigenvalue weighted by Crippen LogP contribution is 2.20. The summed E-state index contributed by atoms with van der Waals surface area (Å²) in [4.78, 5) is 41.5. The molecule has 2 N–H and O–H groups in total. The Bertz CT molecular complexity index is 854. The van der Waals surface area contributed by atoms with Gasteiger partial charge >= 0.3 is 5.69 Å². The van der Waals surface area contributed by atoms with Gasteiger partial charge in [-0.2, -0.15) is 0 Å². The quantitative estimate of drug-likeness (QED) is 0.875. The smallest absolute Gasteiger partial charge is 0.325 e. The van der Waals surface area contributed by atoms with Crippen LogP contribution in [-0.2, 0) is 0 Å². The molecule has 1 amide bonds. The van der Waals surface area contributed by atoms with Crippen molar-refractivity contribution in [1.29, 1.82) is 0 Å². The SMILES string of the molecule is Cc1ccc(OCC2CCCN(C(=O)c3c[nH]c(=O)[nH]c3=O)C2)cc1. The average Bonchev–Trinajstić information content (AvgIpc) is 2.61. The second-order valence-corrected chi connectivity index (χ2v) is 6.37. The molecule has 1 aromatic heterocycles. The number of likely N-dealkylation sites (tertiary alicyclic amines) is 1. The Kier molecular flexibility index (Phi) is 5.02. The van der Waals surface area contributed by atoms with Crippen LogP contribution >= 0.6 is 0 Å². The summed E-state index contributed by atoms with van der Waals surface area (Å²) >= 11 is 0. The number of aryl methyl sites for hydroxylation is 1. The minimum Gasteiger partial charge on any atom is -0.493 e. The van der Waals surface area contributed by atoms with Crippen molar-refractivity contribution in [2.24, 2.45) is 5.92 Å². The van der Waals surface area contributed by atoms with Gasteiger partial charge in [-0.15, -0.1) is 0 Å². The third kappa shape index (κ3) is 4.17. The summed E-state index contributed by atoms with van der Waals surface area (Å²) in [6, 6.07) is 7.85. The molecule has 7 nitrogen and oxygen atoms in total. The predicted octanol–water partition coefficient (Wildman–Crippen LogP) is 1.30. The van der Waals surface area contributed by atoms with E-state index in [1.54, 1.807) is 4.90 Å². The van der Waals surface area contributed by atoms with Crippen molar-refractivity contribution in [3.05, 3.63) is 62.4 Å². The first-order valence-corrected chi connectivity index (χ1v) is 8.33. The zero-order valence-electron chi connectivity index (χ0n) is 14.1. The maximum absolute atomic E-state index is 12.5. The number of aromatic amines is 2. The molecule has 1 fully saturated rings. The summed E-state index contributed by atoms with van der Waals surface area (Å²) in [5.74, 6) is 0.657. The first-order valence-electron chi connectivity index (χ1n) is 8.33. The van der Waals surface area contributed by atoms with E-state index in [9.17, 15) is 14.4 Å². The van der Waals surface area contributed by atoms with Crippen molar-refractivity contribution in [2.75, 3.05) is 19.7 Å². The Hall–Kier alpha value is -2.83. The summed E-state index contributed by atoms with van der Waals surface area (Å²) in [6.07, 6.45) is 3.00. The molecule has 1 unspecified atom stereocenters. The highest BCUT2D eigenvalue weighted by Gasteiger charge is 2.26. The van der Waals surface area contributed by atoms with Crippen molar-refractivity contribution in [1.82, 2.24) is 14.9 Å². The molecule has 1 saturated heterocycles. The van der Waals surface area contributed by atoms with Gasteiger partial charge in [0, 0.05) is 25.2 Å². The number of H-pyrrole nitrogens is 2. The van der Waals surface area contributed by atoms with Crippen LogP contribution < -0.4 is 16.0 Å². The molecule has 2 aromatic rings. The number of nitrogens with zero attached hydrogens (tertiary/aromatic N) is 1. The van der Waals surface area contributed by atoms with Gasteiger partial charge in [0.05, 0.1) is 6.61 Å². The molecule has 1 aliphatic heterocycles. The van der Waals surface area contributed by atoms with E-state index >= 15 is 0 Å². The fraction of sp³-hybridized carbons (Fsp3) is 0.389. The van der Waals surface area contributed by atoms with Gasteiger partial charge in [0.1, 0.15) is 11.3 Å². The van der Waals surface area contributed by atoms with Gasteiger partial charge in [0.2, 0.25) is 0 Å². The predicted molar refractivity (Wildman–Crippen MR) is 93.0 cm³/mol. The molecule has 0 bridgehead atoms. The Balaban J connectivity index is 1.62. The number of carbonyl (C=O) groups is 1. The van der Waals surface area contributed by atoms with E-state index in [1.165, 1.54) is 11.8 Å². The first-order chi connectivity index (χ1) is 12.0. The first kappa shape index (κ1) is 17.0. The fourth-order valence-corrected chi connectivity index (χ4v) is 2.97. The lowest BCUT2D eigenvalue weighted by molar-refractivity contribution is 0.0631. The molecule has 0 spiro atoms. The van der Waals surface area contributed by atoms with Crippen molar-refractivity contribution in [2.45, 2.75) is 19.8 Å². The number of hydrogen-bond donors (Lipinski definition) is 2. The maximum atomic E-state index is 12.5. The Labute approximate surface area is 144 Å². The number of carbonyl (C=O) groups excluding carboxylic acids is 1. The van der Waals surface area contributed by atoms with Crippen LogP contribution in [0.15, 0.2) is 40.1 Å². The van der Waals surface area contributed by atoms with Crippen molar-refractivity contribution in [3.63, 3.8) is 0 Å². The molecule has 3 rings (SSSR count). The summed E-state index contributed by atoms with van der Waals surface area (Å²) in [5, 5.41) is 0. The molecule has 2 heterocycles. The highest BCUT2D eigenvalue weighted by molar-refractivity contribution is 5.93. The Morgan fingerprint density at radius 3 is 2.76 bits per heavy atom. The van der Waals surface area contributed by atoms with E-state index in [0.717, 1.165) is 18.6 Å². The van der Waals surface area contributed by atoms with E-state index in [0.29, 0.717) is 19.7 Å². The van der Waals surface area contributed by atoms with Gasteiger partial charge in [-0.05, 0) is 31.9 Å². The van der Waals surface area contributed by atoms with Crippen molar-refractivity contribution < 1.29 is 9.53 Å². The lowest BCUT2D eigenvalue weighted by Gasteiger charge is -2.32. The molecule has 0 aliphatic carbocycles. The van der Waals surface area contributed by atoms with Crippen LogP contribution in [-0.4, -0.2) is 40.5 Å². The number of benzene rings is 1. The zero-order valence-corrected chi connectivity index (χ0v) is 14.1. The van der Waals surface area contributed by atoms with Gasteiger partial charge in [-0.25, -0.2) is 4.79 Å². The van der Waals surface area contributed by atoms with Gasteiger partial charge in [-0.3, -0.25) is 14.6 Å². The van der Waals surface area contributed by atoms with E-state index in [2.05, 4.69) is 9.97 Å². The number of aromatic nitrogens is 2. The normalized spacial score (nSPS) is 17.3. The molecule has 1 aromatic carbocycles. The summed E-state index contributed by atoms with van der Waals surface area (Å²) < 4.78 is 5.82. The van der Waals surface area contributed by atoms with Crippen LogP contribution in [0.4, 0.5) is 0 Å². The van der Waals surface area contributed by atoms with E-state index < -0.39 is 11.2 Å². The number of hydrogen-bond acceptors (Lipinski definition) is 4. The number of nitrogens with one attached hydrogen (secondary N) is 2. The van der Waals surface area contributed by atoms with E-state index in [-0.39, 0.29) is 17.4 Å². The lowest BCUT2D eigenvalue weighted by Crippen LogP contribution is -2.44. The standard InChI is InChI=1S/C18H21N3O4/c1-12-4-6-14(7-5-12)25-11-13-3-2-8-21(10-13)17(23)15-9-19-18(24)20-16(15)22/h4-7,9,13H,2-3,8,10-11H2,1H3,(H2,19,20,22,24). The second kappa shape index (κ2) is 7.38. The van der Waals surface area contributed by atoms with Crippen molar-refractivity contribution >= 4 is 5.91 Å². The molecule has 25 heavy (non-hydrogen) atoms. The summed E-state index contributed by atoms with van der Waals surface area (Å²) in [6.45, 7) is 3.67. The van der Waals surface area contributed by atoms with Crippen LogP contribution in [0.5, 0.6) is 5.75 Å². The third-order valence-corrected chi connectivity index (χ3v) is 4.36. The van der Waals surface area contributed by atoms with Crippen LogP contribution in [0.3, 0.4) is 0 Å². The topological polar surface area (TPSA) is 95.3 Å². The molecule has 0 saturated carbocycles. The zero-order chi connectivity index (χ0) is 17.8.